The monoisotopic (exact) mass is 184 g/mol. The Morgan fingerprint density at radius 1 is 1.54 bits per heavy atom. The standard InChI is InChI=1S/C8H16N4O/c1-10(2)5-4-6-12-8(13)11(3)7-9-12/h7H,4-6H2,1-3H3. The van der Waals surface area contributed by atoms with Gasteiger partial charge in [0.2, 0.25) is 0 Å². The highest BCUT2D eigenvalue weighted by Gasteiger charge is 2.00. The van der Waals surface area contributed by atoms with E-state index in [4.69, 9.17) is 0 Å². The molecule has 0 aromatic carbocycles. The quantitative estimate of drug-likeness (QED) is 0.635. The third-order valence-electron chi connectivity index (χ3n) is 1.86. The minimum Gasteiger partial charge on any atom is -0.309 e. The summed E-state index contributed by atoms with van der Waals surface area (Å²) in [5.41, 5.74) is -0.0428. The van der Waals surface area contributed by atoms with Crippen molar-refractivity contribution in [2.75, 3.05) is 20.6 Å². The second kappa shape index (κ2) is 4.23. The van der Waals surface area contributed by atoms with Gasteiger partial charge in [-0.3, -0.25) is 4.57 Å². The summed E-state index contributed by atoms with van der Waals surface area (Å²) in [7, 11) is 5.74. The van der Waals surface area contributed by atoms with Gasteiger partial charge in [-0.15, -0.1) is 0 Å². The highest BCUT2D eigenvalue weighted by Crippen LogP contribution is 1.86. The minimum atomic E-state index is -0.0428. The van der Waals surface area contributed by atoms with Crippen molar-refractivity contribution in [3.8, 4) is 0 Å². The molecule has 0 unspecified atom stereocenters. The van der Waals surface area contributed by atoms with Gasteiger partial charge < -0.3 is 4.90 Å². The Morgan fingerprint density at radius 3 is 2.69 bits per heavy atom. The van der Waals surface area contributed by atoms with Gasteiger partial charge in [-0.25, -0.2) is 9.48 Å². The molecule has 0 aliphatic heterocycles. The van der Waals surface area contributed by atoms with Crippen LogP contribution >= 0.6 is 0 Å². The van der Waals surface area contributed by atoms with E-state index in [2.05, 4.69) is 10.00 Å². The molecule has 74 valence electrons. The van der Waals surface area contributed by atoms with E-state index >= 15 is 0 Å². The van der Waals surface area contributed by atoms with Gasteiger partial charge in [0.15, 0.2) is 0 Å². The molecule has 0 bridgehead atoms. The highest BCUT2D eigenvalue weighted by molar-refractivity contribution is 4.65. The van der Waals surface area contributed by atoms with Crippen LogP contribution in [0.25, 0.3) is 0 Å². The summed E-state index contributed by atoms with van der Waals surface area (Å²) in [5, 5.41) is 3.96. The zero-order chi connectivity index (χ0) is 9.84. The van der Waals surface area contributed by atoms with Gasteiger partial charge in [0.25, 0.3) is 0 Å². The van der Waals surface area contributed by atoms with Gasteiger partial charge in [-0.2, -0.15) is 5.10 Å². The van der Waals surface area contributed by atoms with Crippen LogP contribution in [0.2, 0.25) is 0 Å². The first-order valence-corrected chi connectivity index (χ1v) is 4.34. The lowest BCUT2D eigenvalue weighted by Crippen LogP contribution is -2.24. The Labute approximate surface area is 77.6 Å². The summed E-state index contributed by atoms with van der Waals surface area (Å²) in [6.45, 7) is 1.67. The molecule has 13 heavy (non-hydrogen) atoms. The van der Waals surface area contributed by atoms with Crippen molar-refractivity contribution in [3.63, 3.8) is 0 Å². The largest absolute Gasteiger partial charge is 0.345 e. The van der Waals surface area contributed by atoms with Crippen LogP contribution in [0, 0.1) is 0 Å². The molecule has 1 heterocycles. The SMILES string of the molecule is CN(C)CCCn1ncn(C)c1=O. The molecule has 0 amide bonds. The van der Waals surface area contributed by atoms with Crippen LogP contribution in [-0.4, -0.2) is 39.9 Å². The van der Waals surface area contributed by atoms with Crippen LogP contribution in [0.3, 0.4) is 0 Å². The smallest absolute Gasteiger partial charge is 0.309 e. The first-order valence-electron chi connectivity index (χ1n) is 4.34. The minimum absolute atomic E-state index is 0.0428. The zero-order valence-electron chi connectivity index (χ0n) is 8.40. The van der Waals surface area contributed by atoms with E-state index in [1.807, 2.05) is 14.1 Å². The predicted molar refractivity (Wildman–Crippen MR) is 50.6 cm³/mol. The number of rotatable bonds is 4. The summed E-state index contributed by atoms with van der Waals surface area (Å²) >= 11 is 0. The lowest BCUT2D eigenvalue weighted by Gasteiger charge is -2.07. The van der Waals surface area contributed by atoms with Crippen LogP contribution in [0.15, 0.2) is 11.1 Å². The third-order valence-corrected chi connectivity index (χ3v) is 1.86. The van der Waals surface area contributed by atoms with Crippen molar-refractivity contribution < 1.29 is 0 Å². The summed E-state index contributed by atoms with van der Waals surface area (Å²) in [6.07, 6.45) is 2.49. The average molecular weight is 184 g/mol. The highest BCUT2D eigenvalue weighted by atomic mass is 16.2. The molecule has 5 heteroatoms. The number of aromatic nitrogens is 3. The molecule has 1 aromatic heterocycles. The summed E-state index contributed by atoms with van der Waals surface area (Å²) in [4.78, 5) is 13.4. The van der Waals surface area contributed by atoms with Gasteiger partial charge in [0.1, 0.15) is 6.33 Å². The Hall–Kier alpha value is -1.10. The predicted octanol–water partition coefficient (Wildman–Crippen LogP) is -0.467. The molecule has 0 aliphatic rings. The molecule has 1 rings (SSSR count). The van der Waals surface area contributed by atoms with Crippen molar-refractivity contribution in [1.82, 2.24) is 19.2 Å². The van der Waals surface area contributed by atoms with E-state index in [1.54, 1.807) is 7.05 Å². The Balaban J connectivity index is 2.46. The lowest BCUT2D eigenvalue weighted by atomic mass is 10.4. The van der Waals surface area contributed by atoms with Crippen molar-refractivity contribution >= 4 is 0 Å². The molecule has 0 atom stereocenters. The summed E-state index contributed by atoms with van der Waals surface area (Å²) in [6, 6.07) is 0. The first-order chi connectivity index (χ1) is 6.11. The Morgan fingerprint density at radius 2 is 2.23 bits per heavy atom. The molecule has 5 nitrogen and oxygen atoms in total. The fraction of sp³-hybridized carbons (Fsp3) is 0.750. The van der Waals surface area contributed by atoms with Gasteiger partial charge in [-0.05, 0) is 27.1 Å². The number of aryl methyl sites for hydroxylation is 2. The zero-order valence-corrected chi connectivity index (χ0v) is 8.40. The molecular formula is C8H16N4O. The Bertz CT molecular complexity index is 312. The van der Waals surface area contributed by atoms with Crippen LogP contribution in [-0.2, 0) is 13.6 Å². The topological polar surface area (TPSA) is 43.1 Å². The molecule has 0 saturated carbocycles. The molecular weight excluding hydrogens is 168 g/mol. The molecule has 0 aliphatic carbocycles. The maximum Gasteiger partial charge on any atom is 0.345 e. The van der Waals surface area contributed by atoms with E-state index in [-0.39, 0.29) is 5.69 Å². The van der Waals surface area contributed by atoms with Crippen LogP contribution in [0.1, 0.15) is 6.42 Å². The lowest BCUT2D eigenvalue weighted by molar-refractivity contribution is 0.378. The van der Waals surface area contributed by atoms with Crippen molar-refractivity contribution in [3.05, 3.63) is 16.8 Å². The summed E-state index contributed by atoms with van der Waals surface area (Å²) < 4.78 is 2.97. The van der Waals surface area contributed by atoms with Gasteiger partial charge >= 0.3 is 5.69 Å². The third kappa shape index (κ3) is 2.69. The maximum absolute atomic E-state index is 11.3. The Kier molecular flexibility index (Phi) is 3.25. The molecule has 0 fully saturated rings. The van der Waals surface area contributed by atoms with E-state index in [0.29, 0.717) is 6.54 Å². The van der Waals surface area contributed by atoms with E-state index < -0.39 is 0 Å². The van der Waals surface area contributed by atoms with E-state index in [9.17, 15) is 4.79 Å². The number of hydrogen-bond donors (Lipinski definition) is 0. The van der Waals surface area contributed by atoms with Crippen molar-refractivity contribution in [1.29, 1.82) is 0 Å². The molecule has 1 aromatic rings. The molecule has 0 N–H and O–H groups in total. The van der Waals surface area contributed by atoms with Crippen LogP contribution in [0.5, 0.6) is 0 Å². The number of nitrogens with zero attached hydrogens (tertiary/aromatic N) is 4. The molecule has 0 saturated heterocycles. The van der Waals surface area contributed by atoms with Crippen LogP contribution < -0.4 is 5.69 Å². The fourth-order valence-corrected chi connectivity index (χ4v) is 1.11. The van der Waals surface area contributed by atoms with Gasteiger partial charge in [-0.1, -0.05) is 0 Å². The second-order valence-corrected chi connectivity index (χ2v) is 3.40. The number of hydrogen-bond acceptors (Lipinski definition) is 3. The van der Waals surface area contributed by atoms with Crippen LogP contribution in [0.4, 0.5) is 0 Å². The van der Waals surface area contributed by atoms with Crippen molar-refractivity contribution in [2.24, 2.45) is 7.05 Å². The van der Waals surface area contributed by atoms with E-state index in [0.717, 1.165) is 13.0 Å². The summed E-state index contributed by atoms with van der Waals surface area (Å²) in [5.74, 6) is 0. The second-order valence-electron chi connectivity index (χ2n) is 3.40. The average Bonchev–Trinajstić information content (AvgIpc) is 2.35. The van der Waals surface area contributed by atoms with Gasteiger partial charge in [0, 0.05) is 13.6 Å². The molecule has 0 spiro atoms. The fourth-order valence-electron chi connectivity index (χ4n) is 1.11. The maximum atomic E-state index is 11.3. The van der Waals surface area contributed by atoms with Crippen molar-refractivity contribution in [2.45, 2.75) is 13.0 Å². The van der Waals surface area contributed by atoms with Gasteiger partial charge in [0.05, 0.1) is 0 Å². The molecule has 0 radical (unpaired) electrons. The first kappa shape index (κ1) is 9.98. The van der Waals surface area contributed by atoms with E-state index in [1.165, 1.54) is 15.6 Å². The normalized spacial score (nSPS) is 11.1.